The fraction of sp³-hybridized carbons (Fsp3) is 0.500. The molecule has 0 unspecified atom stereocenters. The SMILES string of the molecule is CC#Cc1cnc(C2=CCN(c3nc4c(c(NC5(CCC(=O)OC)CCC5)n3)[S@](=O)CC4)CC2)nc1. The van der Waals surface area contributed by atoms with Crippen molar-refractivity contribution >= 4 is 34.1 Å². The van der Waals surface area contributed by atoms with E-state index < -0.39 is 10.8 Å². The lowest BCUT2D eigenvalue weighted by molar-refractivity contribution is -0.141. The molecule has 4 heterocycles. The minimum Gasteiger partial charge on any atom is -0.469 e. The van der Waals surface area contributed by atoms with Gasteiger partial charge in [0.25, 0.3) is 0 Å². The number of esters is 1. The highest BCUT2D eigenvalue weighted by Gasteiger charge is 2.39. The molecule has 2 aliphatic heterocycles. The molecule has 10 heteroatoms. The van der Waals surface area contributed by atoms with Gasteiger partial charge in [-0.15, -0.1) is 5.92 Å². The summed E-state index contributed by atoms with van der Waals surface area (Å²) >= 11 is 0. The molecule has 2 aromatic heterocycles. The molecule has 1 atom stereocenters. The second-order valence-electron chi connectivity index (χ2n) is 9.38. The van der Waals surface area contributed by atoms with Crippen LogP contribution in [0.2, 0.25) is 0 Å². The second-order valence-corrected chi connectivity index (χ2v) is 10.9. The Labute approximate surface area is 213 Å². The van der Waals surface area contributed by atoms with E-state index in [9.17, 15) is 9.00 Å². The van der Waals surface area contributed by atoms with Gasteiger partial charge in [0.05, 0.1) is 29.2 Å². The van der Waals surface area contributed by atoms with Gasteiger partial charge in [-0.2, -0.15) is 4.98 Å². The lowest BCUT2D eigenvalue weighted by Crippen LogP contribution is -2.46. The summed E-state index contributed by atoms with van der Waals surface area (Å²) in [7, 11) is 0.294. The molecule has 5 rings (SSSR count). The lowest BCUT2D eigenvalue weighted by Gasteiger charge is -2.43. The van der Waals surface area contributed by atoms with Crippen LogP contribution in [-0.4, -0.2) is 61.6 Å². The van der Waals surface area contributed by atoms with Crippen molar-refractivity contribution in [1.82, 2.24) is 19.9 Å². The highest BCUT2D eigenvalue weighted by atomic mass is 32.2. The molecule has 36 heavy (non-hydrogen) atoms. The van der Waals surface area contributed by atoms with Gasteiger partial charge in [-0.25, -0.2) is 15.0 Å². The number of nitrogens with one attached hydrogen (secondary N) is 1. The van der Waals surface area contributed by atoms with Gasteiger partial charge in [0.15, 0.2) is 5.82 Å². The zero-order valence-electron chi connectivity index (χ0n) is 20.7. The van der Waals surface area contributed by atoms with E-state index in [0.717, 1.165) is 59.8 Å². The predicted molar refractivity (Wildman–Crippen MR) is 138 cm³/mol. The molecule has 188 valence electrons. The van der Waals surface area contributed by atoms with Crippen molar-refractivity contribution in [3.05, 3.63) is 35.6 Å². The van der Waals surface area contributed by atoms with Gasteiger partial charge in [0.1, 0.15) is 10.7 Å². The number of nitrogens with zero attached hydrogens (tertiary/aromatic N) is 5. The van der Waals surface area contributed by atoms with Crippen LogP contribution in [0.1, 0.15) is 62.5 Å². The largest absolute Gasteiger partial charge is 0.469 e. The van der Waals surface area contributed by atoms with Gasteiger partial charge in [0.2, 0.25) is 5.95 Å². The number of anilines is 2. The number of aryl methyl sites for hydroxylation is 1. The Hall–Kier alpha value is -3.32. The van der Waals surface area contributed by atoms with E-state index in [1.165, 1.54) is 7.11 Å². The molecule has 2 aromatic rings. The van der Waals surface area contributed by atoms with Gasteiger partial charge < -0.3 is 15.0 Å². The highest BCUT2D eigenvalue weighted by molar-refractivity contribution is 7.85. The van der Waals surface area contributed by atoms with Gasteiger partial charge in [-0.1, -0.05) is 12.0 Å². The first-order chi connectivity index (χ1) is 17.5. The number of hydrogen-bond donors (Lipinski definition) is 1. The number of carbonyl (C=O) groups is 1. The number of methoxy groups -OCH3 is 1. The van der Waals surface area contributed by atoms with E-state index in [-0.39, 0.29) is 11.5 Å². The first-order valence-electron chi connectivity index (χ1n) is 12.3. The van der Waals surface area contributed by atoms with Crippen LogP contribution < -0.4 is 10.2 Å². The van der Waals surface area contributed by atoms with Crippen LogP contribution >= 0.6 is 0 Å². The fourth-order valence-corrected chi connectivity index (χ4v) is 6.21. The van der Waals surface area contributed by atoms with Crippen LogP contribution in [0.25, 0.3) is 5.57 Å². The van der Waals surface area contributed by atoms with Crippen LogP contribution in [0.15, 0.2) is 23.4 Å². The number of carbonyl (C=O) groups excluding carboxylic acids is 1. The molecule has 0 radical (unpaired) electrons. The number of ether oxygens (including phenoxy) is 1. The third-order valence-corrected chi connectivity index (χ3v) is 8.57. The summed E-state index contributed by atoms with van der Waals surface area (Å²) in [5, 5.41) is 3.61. The first kappa shape index (κ1) is 24.4. The Morgan fingerprint density at radius 2 is 2.06 bits per heavy atom. The number of fused-ring (bicyclic) bond motifs is 1. The summed E-state index contributed by atoms with van der Waals surface area (Å²) in [4.78, 5) is 33.3. The minimum absolute atomic E-state index is 0.215. The molecular formula is C26H30N6O3S. The van der Waals surface area contributed by atoms with Crippen LogP contribution in [-0.2, 0) is 26.8 Å². The molecule has 0 aromatic carbocycles. The van der Waals surface area contributed by atoms with Crippen molar-refractivity contribution in [1.29, 1.82) is 0 Å². The molecule has 1 aliphatic carbocycles. The van der Waals surface area contributed by atoms with Crippen LogP contribution in [0.5, 0.6) is 0 Å². The summed E-state index contributed by atoms with van der Waals surface area (Å²) in [6.07, 6.45) is 11.1. The Kier molecular flexibility index (Phi) is 7.01. The maximum atomic E-state index is 12.8. The molecule has 0 amide bonds. The van der Waals surface area contributed by atoms with Crippen molar-refractivity contribution in [2.75, 3.05) is 36.2 Å². The summed E-state index contributed by atoms with van der Waals surface area (Å²) in [5.41, 5.74) is 2.54. The quantitative estimate of drug-likeness (QED) is 0.448. The van der Waals surface area contributed by atoms with Crippen molar-refractivity contribution in [3.63, 3.8) is 0 Å². The number of aromatic nitrogens is 4. The minimum atomic E-state index is -1.12. The second kappa shape index (κ2) is 10.3. The molecular weight excluding hydrogens is 476 g/mol. The zero-order valence-corrected chi connectivity index (χ0v) is 21.5. The molecule has 0 bridgehead atoms. The van der Waals surface area contributed by atoms with Gasteiger partial charge in [-0.3, -0.25) is 9.00 Å². The van der Waals surface area contributed by atoms with Crippen molar-refractivity contribution in [3.8, 4) is 11.8 Å². The lowest BCUT2D eigenvalue weighted by atomic mass is 9.73. The first-order valence-corrected chi connectivity index (χ1v) is 13.7. The van der Waals surface area contributed by atoms with Gasteiger partial charge >= 0.3 is 5.97 Å². The Balaban J connectivity index is 1.36. The fourth-order valence-electron chi connectivity index (χ4n) is 4.90. The molecule has 9 nitrogen and oxygen atoms in total. The summed E-state index contributed by atoms with van der Waals surface area (Å²) in [6.45, 7) is 3.17. The third kappa shape index (κ3) is 4.98. The topological polar surface area (TPSA) is 110 Å². The van der Waals surface area contributed by atoms with E-state index in [1.54, 1.807) is 19.3 Å². The summed E-state index contributed by atoms with van der Waals surface area (Å²) < 4.78 is 17.7. The Morgan fingerprint density at radius 1 is 1.25 bits per heavy atom. The number of hydrogen-bond acceptors (Lipinski definition) is 9. The Bertz CT molecular complexity index is 1280. The maximum Gasteiger partial charge on any atom is 0.305 e. The van der Waals surface area contributed by atoms with E-state index in [4.69, 9.17) is 14.7 Å². The smallest absolute Gasteiger partial charge is 0.305 e. The molecule has 1 saturated carbocycles. The Morgan fingerprint density at radius 3 is 2.69 bits per heavy atom. The molecule has 1 fully saturated rings. The van der Waals surface area contributed by atoms with E-state index in [2.05, 4.69) is 38.1 Å². The monoisotopic (exact) mass is 506 g/mol. The normalized spacial score (nSPS) is 19.9. The molecule has 0 spiro atoms. The average Bonchev–Trinajstić information content (AvgIpc) is 3.26. The maximum absolute atomic E-state index is 12.8. The van der Waals surface area contributed by atoms with Crippen molar-refractivity contribution in [2.24, 2.45) is 0 Å². The highest BCUT2D eigenvalue weighted by Crippen LogP contribution is 2.41. The average molecular weight is 507 g/mol. The van der Waals surface area contributed by atoms with Crippen molar-refractivity contribution < 1.29 is 13.7 Å². The van der Waals surface area contributed by atoms with E-state index in [1.807, 2.05) is 0 Å². The molecule has 3 aliphatic rings. The standard InChI is InChI=1S/C26H30N6O3S/c1-3-5-18-16-27-23(28-17-18)19-7-13-32(14-8-19)25-29-20-9-15-36(34)22(20)24(30-25)31-26(10-4-11-26)12-6-21(33)35-2/h7,16-17H,4,6,8-15H2,1-2H3,(H,29,30,31)/t36-/m1/s1. The van der Waals surface area contributed by atoms with E-state index in [0.29, 0.717) is 43.3 Å². The van der Waals surface area contributed by atoms with Crippen molar-refractivity contribution in [2.45, 2.75) is 62.3 Å². The van der Waals surface area contributed by atoms with Crippen LogP contribution in [0, 0.1) is 11.8 Å². The zero-order chi connectivity index (χ0) is 25.1. The summed E-state index contributed by atoms with van der Waals surface area (Å²) in [5.74, 6) is 8.19. The summed E-state index contributed by atoms with van der Waals surface area (Å²) in [6, 6.07) is 0. The van der Waals surface area contributed by atoms with Gasteiger partial charge in [0, 0.05) is 49.6 Å². The molecule has 0 saturated heterocycles. The van der Waals surface area contributed by atoms with Crippen LogP contribution in [0.3, 0.4) is 0 Å². The van der Waals surface area contributed by atoms with E-state index >= 15 is 0 Å². The predicted octanol–water partition coefficient (Wildman–Crippen LogP) is 2.88. The third-order valence-electron chi connectivity index (χ3n) is 7.11. The molecule has 1 N–H and O–H groups in total. The van der Waals surface area contributed by atoms with Crippen LogP contribution in [0.4, 0.5) is 11.8 Å². The van der Waals surface area contributed by atoms with Gasteiger partial charge in [-0.05, 0) is 44.6 Å². The number of rotatable bonds is 7.